The molecule has 7 aromatic rings. The van der Waals surface area contributed by atoms with Gasteiger partial charge in [0.25, 0.3) is 0 Å². The molecular weight excluding hydrogens is 416 g/mol. The summed E-state index contributed by atoms with van der Waals surface area (Å²) in [4.78, 5) is 5.25. The van der Waals surface area contributed by atoms with E-state index >= 15 is 0 Å². The van der Waals surface area contributed by atoms with Crippen molar-refractivity contribution in [3.63, 3.8) is 0 Å². The van der Waals surface area contributed by atoms with E-state index in [9.17, 15) is 5.11 Å². The number of phenolic OH excluding ortho intramolecular Hbond substituents is 1. The largest absolute Gasteiger partial charge is 0.507 e. The molecule has 6 aromatic carbocycles. The Morgan fingerprint density at radius 1 is 0.529 bits per heavy atom. The molecule has 160 valence electrons. The Kier molecular flexibility index (Phi) is 4.00. The fourth-order valence-electron chi connectivity index (χ4n) is 5.20. The highest BCUT2D eigenvalue weighted by Gasteiger charge is 2.22. The number of para-hydroxylation sites is 1. The van der Waals surface area contributed by atoms with Crippen molar-refractivity contribution in [2.24, 2.45) is 0 Å². The van der Waals surface area contributed by atoms with E-state index < -0.39 is 0 Å². The maximum Gasteiger partial charge on any atom is 0.150 e. The van der Waals surface area contributed by atoms with Crippen LogP contribution in [-0.2, 0) is 0 Å². The van der Waals surface area contributed by atoms with Crippen LogP contribution < -0.4 is 0 Å². The van der Waals surface area contributed by atoms with Gasteiger partial charge in [-0.2, -0.15) is 0 Å². The molecule has 0 unspecified atom stereocenters. The molecule has 0 aliphatic carbocycles. The number of fused-ring (bicyclic) bond motifs is 7. The average Bonchev–Trinajstić information content (AvgIpc) is 3.30. The van der Waals surface area contributed by atoms with Crippen LogP contribution in [0.3, 0.4) is 0 Å². The van der Waals surface area contributed by atoms with Crippen LogP contribution in [0.15, 0.2) is 115 Å². The van der Waals surface area contributed by atoms with Crippen molar-refractivity contribution >= 4 is 43.4 Å². The molecular formula is C31H20N2O. The monoisotopic (exact) mass is 436 g/mol. The number of nitrogens with zero attached hydrogens (tertiary/aromatic N) is 2. The van der Waals surface area contributed by atoms with Crippen molar-refractivity contribution in [1.29, 1.82) is 0 Å². The zero-order valence-electron chi connectivity index (χ0n) is 18.3. The summed E-state index contributed by atoms with van der Waals surface area (Å²) >= 11 is 0. The van der Waals surface area contributed by atoms with Crippen LogP contribution in [0.2, 0.25) is 0 Å². The molecule has 1 heterocycles. The molecule has 0 bridgehead atoms. The molecule has 7 rings (SSSR count). The Morgan fingerprint density at radius 3 is 1.88 bits per heavy atom. The third-order valence-corrected chi connectivity index (χ3v) is 6.68. The third kappa shape index (κ3) is 2.61. The zero-order chi connectivity index (χ0) is 22.6. The van der Waals surface area contributed by atoms with E-state index in [-0.39, 0.29) is 5.75 Å². The Labute approximate surface area is 196 Å². The second-order valence-electron chi connectivity index (χ2n) is 8.58. The van der Waals surface area contributed by atoms with Gasteiger partial charge >= 0.3 is 0 Å². The van der Waals surface area contributed by atoms with Crippen LogP contribution in [-0.4, -0.2) is 14.7 Å². The molecule has 3 heteroatoms. The van der Waals surface area contributed by atoms with Gasteiger partial charge in [-0.15, -0.1) is 0 Å². The second kappa shape index (κ2) is 7.19. The number of imidazole rings is 1. The molecule has 0 saturated heterocycles. The molecule has 34 heavy (non-hydrogen) atoms. The van der Waals surface area contributed by atoms with E-state index in [1.165, 1.54) is 10.8 Å². The summed E-state index contributed by atoms with van der Waals surface area (Å²) in [6, 6.07) is 39.1. The third-order valence-electron chi connectivity index (χ3n) is 6.68. The summed E-state index contributed by atoms with van der Waals surface area (Å²) < 4.78 is 2.20. The van der Waals surface area contributed by atoms with Crippen molar-refractivity contribution in [3.05, 3.63) is 115 Å². The smallest absolute Gasteiger partial charge is 0.150 e. The first-order chi connectivity index (χ1) is 16.8. The molecule has 0 saturated carbocycles. The van der Waals surface area contributed by atoms with Gasteiger partial charge in [0.2, 0.25) is 0 Å². The van der Waals surface area contributed by atoms with Crippen LogP contribution in [0, 0.1) is 0 Å². The number of phenols is 1. The standard InChI is InChI=1S/C31H20N2O/c34-27-19-18-20-10-4-5-13-22(20)28(27)31-32-29-25-16-8-6-14-23(25)24-15-7-9-17-26(24)30(29)33(31)21-11-2-1-3-12-21/h1-19,34H. The second-order valence-corrected chi connectivity index (χ2v) is 8.58. The lowest BCUT2D eigenvalue weighted by Crippen LogP contribution is -1.99. The van der Waals surface area contributed by atoms with Gasteiger partial charge in [0, 0.05) is 16.5 Å². The molecule has 1 N–H and O–H groups in total. The molecule has 3 nitrogen and oxygen atoms in total. The molecule has 0 amide bonds. The summed E-state index contributed by atoms with van der Waals surface area (Å²) in [5, 5.41) is 17.8. The topological polar surface area (TPSA) is 38.1 Å². The number of aromatic hydroxyl groups is 1. The Bertz CT molecular complexity index is 1870. The fraction of sp³-hybridized carbons (Fsp3) is 0. The van der Waals surface area contributed by atoms with E-state index in [2.05, 4.69) is 77.4 Å². The Balaban J connectivity index is 1.77. The SMILES string of the molecule is Oc1ccc2ccccc2c1-c1nc2c3ccccc3c3ccccc3c2n1-c1ccccc1. The molecule has 0 radical (unpaired) electrons. The minimum Gasteiger partial charge on any atom is -0.507 e. The van der Waals surface area contributed by atoms with Crippen molar-refractivity contribution < 1.29 is 5.11 Å². The number of benzene rings is 6. The fourth-order valence-corrected chi connectivity index (χ4v) is 5.20. The summed E-state index contributed by atoms with van der Waals surface area (Å²) in [6.07, 6.45) is 0. The highest BCUT2D eigenvalue weighted by molar-refractivity contribution is 6.24. The van der Waals surface area contributed by atoms with Crippen LogP contribution in [0.25, 0.3) is 60.4 Å². The van der Waals surface area contributed by atoms with E-state index in [1.54, 1.807) is 6.07 Å². The van der Waals surface area contributed by atoms with E-state index in [1.807, 2.05) is 36.4 Å². The van der Waals surface area contributed by atoms with Crippen LogP contribution in [0.5, 0.6) is 5.75 Å². The highest BCUT2D eigenvalue weighted by atomic mass is 16.3. The lowest BCUT2D eigenvalue weighted by Gasteiger charge is -2.14. The minimum atomic E-state index is 0.222. The van der Waals surface area contributed by atoms with Crippen LogP contribution in [0.1, 0.15) is 0 Å². The van der Waals surface area contributed by atoms with Crippen LogP contribution in [0.4, 0.5) is 0 Å². The van der Waals surface area contributed by atoms with E-state index in [0.717, 1.165) is 49.7 Å². The normalized spacial score (nSPS) is 11.6. The summed E-state index contributed by atoms with van der Waals surface area (Å²) in [6.45, 7) is 0. The predicted octanol–water partition coefficient (Wildman–Crippen LogP) is 7.86. The molecule has 0 aliphatic rings. The van der Waals surface area contributed by atoms with Crippen molar-refractivity contribution in [3.8, 4) is 22.8 Å². The van der Waals surface area contributed by atoms with Gasteiger partial charge in [0.05, 0.1) is 16.6 Å². The molecule has 0 fully saturated rings. The quantitative estimate of drug-likeness (QED) is 0.280. The Hall–Kier alpha value is -4.63. The van der Waals surface area contributed by atoms with Crippen molar-refractivity contribution in [1.82, 2.24) is 9.55 Å². The Morgan fingerprint density at radius 2 is 1.12 bits per heavy atom. The number of hydrogen-bond acceptors (Lipinski definition) is 2. The van der Waals surface area contributed by atoms with E-state index in [4.69, 9.17) is 4.98 Å². The first-order valence-corrected chi connectivity index (χ1v) is 11.4. The first-order valence-electron chi connectivity index (χ1n) is 11.4. The molecule has 1 aromatic heterocycles. The van der Waals surface area contributed by atoms with Gasteiger partial charge in [-0.3, -0.25) is 4.57 Å². The molecule has 0 spiro atoms. The maximum absolute atomic E-state index is 11.1. The van der Waals surface area contributed by atoms with Crippen LogP contribution >= 0.6 is 0 Å². The lowest BCUT2D eigenvalue weighted by atomic mass is 10.00. The zero-order valence-corrected chi connectivity index (χ0v) is 18.3. The van der Waals surface area contributed by atoms with Gasteiger partial charge in [-0.05, 0) is 39.7 Å². The summed E-state index contributed by atoms with van der Waals surface area (Å²) in [5.41, 5.74) is 3.72. The summed E-state index contributed by atoms with van der Waals surface area (Å²) in [7, 11) is 0. The number of aromatic nitrogens is 2. The van der Waals surface area contributed by atoms with Crippen molar-refractivity contribution in [2.45, 2.75) is 0 Å². The van der Waals surface area contributed by atoms with Gasteiger partial charge < -0.3 is 5.11 Å². The minimum absolute atomic E-state index is 0.222. The molecule has 0 aliphatic heterocycles. The van der Waals surface area contributed by atoms with E-state index in [0.29, 0.717) is 0 Å². The van der Waals surface area contributed by atoms with Crippen molar-refractivity contribution in [2.75, 3.05) is 0 Å². The first kappa shape index (κ1) is 18.9. The highest BCUT2D eigenvalue weighted by Crippen LogP contribution is 2.42. The number of rotatable bonds is 2. The average molecular weight is 437 g/mol. The van der Waals surface area contributed by atoms with Gasteiger partial charge in [0.1, 0.15) is 11.6 Å². The molecule has 0 atom stereocenters. The maximum atomic E-state index is 11.1. The van der Waals surface area contributed by atoms with Gasteiger partial charge in [-0.1, -0.05) is 97.1 Å². The van der Waals surface area contributed by atoms with Gasteiger partial charge in [-0.25, -0.2) is 4.98 Å². The lowest BCUT2D eigenvalue weighted by molar-refractivity contribution is 0.477. The summed E-state index contributed by atoms with van der Waals surface area (Å²) in [5.74, 6) is 0.955. The predicted molar refractivity (Wildman–Crippen MR) is 141 cm³/mol. The number of hydrogen-bond donors (Lipinski definition) is 1. The van der Waals surface area contributed by atoms with Gasteiger partial charge in [0.15, 0.2) is 0 Å².